The highest BCUT2D eigenvalue weighted by atomic mass is 28.3. The molecule has 0 aliphatic heterocycles. The van der Waals surface area contributed by atoms with Gasteiger partial charge in [0.2, 0.25) is 0 Å². The van der Waals surface area contributed by atoms with Gasteiger partial charge in [-0.1, -0.05) is 56.4 Å². The van der Waals surface area contributed by atoms with Gasteiger partial charge in [0, 0.05) is 18.0 Å². The third-order valence-electron chi connectivity index (χ3n) is 3.91. The van der Waals surface area contributed by atoms with Crippen molar-refractivity contribution in [2.75, 3.05) is 0 Å². The Hall–Kier alpha value is -1.04. The van der Waals surface area contributed by atoms with Crippen molar-refractivity contribution in [2.45, 2.75) is 57.9 Å². The minimum atomic E-state index is -1.25. The van der Waals surface area contributed by atoms with Gasteiger partial charge in [0.25, 0.3) is 0 Å². The standard InChI is InChI=1S/C18H27NSi/c1-15(16-9-6-5-7-10-16)19-18-12-8-11-17(18)13-14-20(2,3)4/h5-7,9-10,15,17-19H,8,11-12H2,1-4H3. The Morgan fingerprint density at radius 3 is 2.50 bits per heavy atom. The average Bonchev–Trinajstić information content (AvgIpc) is 2.84. The number of rotatable bonds is 3. The third-order valence-corrected chi connectivity index (χ3v) is 4.81. The topological polar surface area (TPSA) is 12.0 Å². The van der Waals surface area contributed by atoms with Crippen molar-refractivity contribution in [1.29, 1.82) is 0 Å². The molecule has 1 aromatic carbocycles. The summed E-state index contributed by atoms with van der Waals surface area (Å²) in [5, 5.41) is 3.79. The molecule has 1 N–H and O–H groups in total. The molecule has 0 aromatic heterocycles. The first kappa shape index (κ1) is 15.3. The van der Waals surface area contributed by atoms with Crippen molar-refractivity contribution in [3.8, 4) is 11.5 Å². The highest BCUT2D eigenvalue weighted by Crippen LogP contribution is 2.27. The zero-order valence-electron chi connectivity index (χ0n) is 13.2. The molecule has 108 valence electrons. The third kappa shape index (κ3) is 4.51. The minimum Gasteiger partial charge on any atom is -0.306 e. The molecule has 0 saturated heterocycles. The molecular formula is C18H27NSi. The first-order chi connectivity index (χ1) is 9.46. The summed E-state index contributed by atoms with van der Waals surface area (Å²) in [4.78, 5) is 0. The van der Waals surface area contributed by atoms with Crippen molar-refractivity contribution in [1.82, 2.24) is 5.32 Å². The monoisotopic (exact) mass is 285 g/mol. The second-order valence-electron chi connectivity index (χ2n) is 6.96. The van der Waals surface area contributed by atoms with Crippen LogP contribution < -0.4 is 5.32 Å². The van der Waals surface area contributed by atoms with Crippen molar-refractivity contribution >= 4 is 8.07 Å². The highest BCUT2D eigenvalue weighted by molar-refractivity contribution is 6.83. The van der Waals surface area contributed by atoms with E-state index < -0.39 is 8.07 Å². The summed E-state index contributed by atoms with van der Waals surface area (Å²) in [6.45, 7) is 9.23. The van der Waals surface area contributed by atoms with Crippen LogP contribution in [0.1, 0.15) is 37.8 Å². The van der Waals surface area contributed by atoms with E-state index >= 15 is 0 Å². The molecule has 0 bridgehead atoms. The van der Waals surface area contributed by atoms with Crippen LogP contribution in [0.2, 0.25) is 19.6 Å². The number of hydrogen-bond donors (Lipinski definition) is 1. The second kappa shape index (κ2) is 6.61. The molecule has 1 nitrogen and oxygen atoms in total. The maximum atomic E-state index is 3.79. The second-order valence-corrected chi connectivity index (χ2v) is 11.7. The summed E-state index contributed by atoms with van der Waals surface area (Å²) in [5.74, 6) is 4.13. The minimum absolute atomic E-state index is 0.412. The molecule has 2 rings (SSSR count). The predicted molar refractivity (Wildman–Crippen MR) is 90.2 cm³/mol. The fraction of sp³-hybridized carbons (Fsp3) is 0.556. The molecule has 0 radical (unpaired) electrons. The molecule has 0 amide bonds. The zero-order chi connectivity index (χ0) is 14.6. The molecule has 3 atom stereocenters. The maximum Gasteiger partial charge on any atom is 0.129 e. The number of benzene rings is 1. The lowest BCUT2D eigenvalue weighted by molar-refractivity contribution is 0.420. The van der Waals surface area contributed by atoms with Crippen LogP contribution in [0.4, 0.5) is 0 Å². The van der Waals surface area contributed by atoms with Gasteiger partial charge >= 0.3 is 0 Å². The Bertz CT molecular complexity index is 478. The van der Waals surface area contributed by atoms with Gasteiger partial charge in [-0.25, -0.2) is 0 Å². The van der Waals surface area contributed by atoms with Crippen LogP contribution in [0, 0.1) is 17.4 Å². The predicted octanol–water partition coefficient (Wildman–Crippen LogP) is 4.39. The molecule has 3 unspecified atom stereocenters. The lowest BCUT2D eigenvalue weighted by Crippen LogP contribution is -2.34. The van der Waals surface area contributed by atoms with Gasteiger partial charge in [-0.2, -0.15) is 0 Å². The molecule has 1 fully saturated rings. The summed E-state index contributed by atoms with van der Waals surface area (Å²) < 4.78 is 0. The van der Waals surface area contributed by atoms with Gasteiger partial charge in [-0.3, -0.25) is 0 Å². The van der Waals surface area contributed by atoms with Gasteiger partial charge in [-0.15, -0.1) is 11.5 Å². The molecule has 1 aliphatic rings. The summed E-state index contributed by atoms with van der Waals surface area (Å²) in [6, 6.07) is 11.7. The summed E-state index contributed by atoms with van der Waals surface area (Å²) >= 11 is 0. The first-order valence-electron chi connectivity index (χ1n) is 7.79. The Labute approximate surface area is 125 Å². The highest BCUT2D eigenvalue weighted by Gasteiger charge is 2.27. The molecular weight excluding hydrogens is 258 g/mol. The number of nitrogens with one attached hydrogen (secondary N) is 1. The average molecular weight is 286 g/mol. The molecule has 0 heterocycles. The fourth-order valence-corrected chi connectivity index (χ4v) is 3.42. The Balaban J connectivity index is 1.99. The van der Waals surface area contributed by atoms with E-state index in [-0.39, 0.29) is 0 Å². The zero-order valence-corrected chi connectivity index (χ0v) is 14.2. The van der Waals surface area contributed by atoms with Crippen molar-refractivity contribution in [2.24, 2.45) is 5.92 Å². The van der Waals surface area contributed by atoms with E-state index in [0.29, 0.717) is 18.0 Å². The first-order valence-corrected chi connectivity index (χ1v) is 11.3. The van der Waals surface area contributed by atoms with Crippen LogP contribution in [0.25, 0.3) is 0 Å². The Morgan fingerprint density at radius 2 is 1.85 bits per heavy atom. The van der Waals surface area contributed by atoms with E-state index in [4.69, 9.17) is 0 Å². The molecule has 20 heavy (non-hydrogen) atoms. The number of hydrogen-bond acceptors (Lipinski definition) is 1. The molecule has 1 aromatic rings. The van der Waals surface area contributed by atoms with Gasteiger partial charge in [-0.05, 0) is 25.3 Å². The summed E-state index contributed by atoms with van der Waals surface area (Å²) in [6.07, 6.45) is 3.84. The lowest BCUT2D eigenvalue weighted by atomic mass is 10.0. The molecule has 1 saturated carbocycles. The van der Waals surface area contributed by atoms with Crippen molar-refractivity contribution < 1.29 is 0 Å². The van der Waals surface area contributed by atoms with Crippen LogP contribution in [0.5, 0.6) is 0 Å². The Morgan fingerprint density at radius 1 is 1.15 bits per heavy atom. The molecule has 1 aliphatic carbocycles. The smallest absolute Gasteiger partial charge is 0.129 e. The van der Waals surface area contributed by atoms with Crippen LogP contribution in [0.3, 0.4) is 0 Å². The molecule has 0 spiro atoms. The maximum absolute atomic E-state index is 3.79. The van der Waals surface area contributed by atoms with Crippen LogP contribution >= 0.6 is 0 Å². The van der Waals surface area contributed by atoms with E-state index in [1.54, 1.807) is 0 Å². The SMILES string of the molecule is CC(NC1CCCC1C#C[Si](C)(C)C)c1ccccc1. The van der Waals surface area contributed by atoms with Crippen LogP contribution in [0.15, 0.2) is 30.3 Å². The van der Waals surface area contributed by atoms with Gasteiger partial charge in [0.15, 0.2) is 0 Å². The van der Waals surface area contributed by atoms with Gasteiger partial charge < -0.3 is 5.32 Å². The van der Waals surface area contributed by atoms with Gasteiger partial charge in [0.05, 0.1) is 0 Å². The van der Waals surface area contributed by atoms with E-state index in [2.05, 4.69) is 73.7 Å². The van der Waals surface area contributed by atoms with E-state index in [1.165, 1.54) is 24.8 Å². The molecule has 2 heteroatoms. The normalized spacial score (nSPS) is 24.0. The summed E-state index contributed by atoms with van der Waals surface area (Å²) in [5.41, 5.74) is 4.93. The van der Waals surface area contributed by atoms with E-state index in [0.717, 1.165) is 0 Å². The van der Waals surface area contributed by atoms with Crippen molar-refractivity contribution in [3.63, 3.8) is 0 Å². The van der Waals surface area contributed by atoms with E-state index in [1.807, 2.05) is 0 Å². The lowest BCUT2D eigenvalue weighted by Gasteiger charge is -2.23. The van der Waals surface area contributed by atoms with Crippen LogP contribution in [-0.2, 0) is 0 Å². The largest absolute Gasteiger partial charge is 0.306 e. The van der Waals surface area contributed by atoms with E-state index in [9.17, 15) is 0 Å². The Kier molecular flexibility index (Phi) is 5.07. The van der Waals surface area contributed by atoms with Crippen molar-refractivity contribution in [3.05, 3.63) is 35.9 Å². The van der Waals surface area contributed by atoms with Gasteiger partial charge in [0.1, 0.15) is 8.07 Å². The fourth-order valence-electron chi connectivity index (χ4n) is 2.80. The quantitative estimate of drug-likeness (QED) is 0.641. The summed E-state index contributed by atoms with van der Waals surface area (Å²) in [7, 11) is -1.25. The van der Waals surface area contributed by atoms with Crippen LogP contribution in [-0.4, -0.2) is 14.1 Å².